The van der Waals surface area contributed by atoms with Gasteiger partial charge in [-0.15, -0.1) is 0 Å². The molecule has 31 heavy (non-hydrogen) atoms. The highest BCUT2D eigenvalue weighted by Gasteiger charge is 2.18. The molecule has 1 aromatic carbocycles. The van der Waals surface area contributed by atoms with Crippen LogP contribution in [-0.2, 0) is 19.6 Å². The monoisotopic (exact) mass is 449 g/mol. The van der Waals surface area contributed by atoms with E-state index < -0.39 is 33.6 Å². The number of nitrogens with one attached hydrogen (secondary N) is 2. The molecule has 0 aliphatic carbocycles. The van der Waals surface area contributed by atoms with E-state index in [1.54, 1.807) is 44.2 Å². The number of sulfonamides is 1. The second kappa shape index (κ2) is 11.1. The fraction of sp³-hybridized carbons (Fsp3) is 0.300. The van der Waals surface area contributed by atoms with Crippen LogP contribution in [0.2, 0.25) is 0 Å². The van der Waals surface area contributed by atoms with E-state index in [-0.39, 0.29) is 30.5 Å². The van der Waals surface area contributed by atoms with Crippen LogP contribution < -0.4 is 14.8 Å². The molecule has 1 aromatic heterocycles. The van der Waals surface area contributed by atoms with E-state index in [1.165, 1.54) is 12.1 Å². The molecule has 11 heteroatoms. The van der Waals surface area contributed by atoms with Gasteiger partial charge in [0.2, 0.25) is 10.0 Å². The Kier molecular flexibility index (Phi) is 8.50. The number of para-hydroxylation sites is 1. The number of rotatable bonds is 10. The molecule has 0 atom stereocenters. The number of esters is 1. The zero-order valence-electron chi connectivity index (χ0n) is 17.0. The SMILES string of the molecule is CC(C)OC(=O)CNC(=O)c1ccc(C(=O)NS(=O)(=O)CCOc2ccccc2)cn1. The first kappa shape index (κ1) is 23.8. The maximum Gasteiger partial charge on any atom is 0.325 e. The smallest absolute Gasteiger partial charge is 0.325 e. The van der Waals surface area contributed by atoms with Crippen LogP contribution >= 0.6 is 0 Å². The molecule has 10 nitrogen and oxygen atoms in total. The van der Waals surface area contributed by atoms with Gasteiger partial charge in [0.1, 0.15) is 30.3 Å². The van der Waals surface area contributed by atoms with E-state index in [0.717, 1.165) is 6.20 Å². The van der Waals surface area contributed by atoms with Gasteiger partial charge in [-0.2, -0.15) is 0 Å². The average Bonchev–Trinajstić information content (AvgIpc) is 2.72. The number of nitrogens with zero attached hydrogens (tertiary/aromatic N) is 1. The van der Waals surface area contributed by atoms with E-state index in [4.69, 9.17) is 9.47 Å². The molecular formula is C20H23N3O7S. The van der Waals surface area contributed by atoms with Crippen LogP contribution in [0, 0.1) is 0 Å². The number of hydrogen-bond donors (Lipinski definition) is 2. The Morgan fingerprint density at radius 3 is 2.35 bits per heavy atom. The number of carbonyl (C=O) groups excluding carboxylic acids is 3. The molecule has 0 aliphatic rings. The van der Waals surface area contributed by atoms with E-state index >= 15 is 0 Å². The first-order valence-corrected chi connectivity index (χ1v) is 11.0. The number of benzene rings is 1. The van der Waals surface area contributed by atoms with Crippen molar-refractivity contribution >= 4 is 27.8 Å². The van der Waals surface area contributed by atoms with Crippen LogP contribution in [0.1, 0.15) is 34.7 Å². The summed E-state index contributed by atoms with van der Waals surface area (Å²) in [6.07, 6.45) is 0.758. The van der Waals surface area contributed by atoms with E-state index in [1.807, 2.05) is 4.72 Å². The average molecular weight is 449 g/mol. The minimum atomic E-state index is -3.94. The summed E-state index contributed by atoms with van der Waals surface area (Å²) >= 11 is 0. The number of pyridine rings is 1. The van der Waals surface area contributed by atoms with Gasteiger partial charge >= 0.3 is 5.97 Å². The van der Waals surface area contributed by atoms with Crippen molar-refractivity contribution in [2.24, 2.45) is 0 Å². The molecule has 0 spiro atoms. The largest absolute Gasteiger partial charge is 0.492 e. The van der Waals surface area contributed by atoms with Crippen molar-refractivity contribution in [1.82, 2.24) is 15.0 Å². The highest BCUT2D eigenvalue weighted by Crippen LogP contribution is 2.08. The van der Waals surface area contributed by atoms with Crippen molar-refractivity contribution in [3.8, 4) is 5.75 Å². The number of carbonyl (C=O) groups is 3. The zero-order valence-corrected chi connectivity index (χ0v) is 17.8. The standard InChI is InChI=1S/C20H23N3O7S/c1-14(2)30-18(24)13-22-20(26)17-9-8-15(12-21-17)19(25)23-31(27,28)11-10-29-16-6-4-3-5-7-16/h3-9,12,14H,10-11,13H2,1-2H3,(H,22,26)(H,23,25). The first-order valence-electron chi connectivity index (χ1n) is 9.32. The van der Waals surface area contributed by atoms with E-state index in [2.05, 4.69) is 10.3 Å². The fourth-order valence-electron chi connectivity index (χ4n) is 2.25. The normalized spacial score (nSPS) is 10.9. The highest BCUT2D eigenvalue weighted by atomic mass is 32.2. The molecule has 2 rings (SSSR count). The Balaban J connectivity index is 1.85. The molecule has 166 valence electrons. The Labute approximate surface area is 180 Å². The second-order valence-corrected chi connectivity index (χ2v) is 8.41. The Hall–Kier alpha value is -3.47. The van der Waals surface area contributed by atoms with Crippen molar-refractivity contribution in [3.63, 3.8) is 0 Å². The van der Waals surface area contributed by atoms with Crippen molar-refractivity contribution in [2.75, 3.05) is 18.9 Å². The predicted octanol–water partition coefficient (Wildman–Crippen LogP) is 0.902. The summed E-state index contributed by atoms with van der Waals surface area (Å²) in [5, 5.41) is 2.34. The number of amides is 2. The third kappa shape index (κ3) is 8.42. The molecule has 0 aliphatic heterocycles. The van der Waals surface area contributed by atoms with Crippen LogP contribution in [0.5, 0.6) is 5.75 Å². The molecule has 0 saturated carbocycles. The lowest BCUT2D eigenvalue weighted by molar-refractivity contribution is -0.146. The van der Waals surface area contributed by atoms with E-state index in [0.29, 0.717) is 5.75 Å². The van der Waals surface area contributed by atoms with Gasteiger partial charge in [0.15, 0.2) is 0 Å². The van der Waals surface area contributed by atoms with Gasteiger partial charge in [0, 0.05) is 6.20 Å². The maximum atomic E-state index is 12.2. The minimum Gasteiger partial charge on any atom is -0.492 e. The summed E-state index contributed by atoms with van der Waals surface area (Å²) < 4.78 is 36.3. The maximum absolute atomic E-state index is 12.2. The number of aromatic nitrogens is 1. The van der Waals surface area contributed by atoms with Crippen molar-refractivity contribution < 1.29 is 32.3 Å². The summed E-state index contributed by atoms with van der Waals surface area (Å²) in [6.45, 7) is 2.90. The summed E-state index contributed by atoms with van der Waals surface area (Å²) in [7, 11) is -3.94. The Bertz CT molecular complexity index is 1010. The molecular weight excluding hydrogens is 426 g/mol. The lowest BCUT2D eigenvalue weighted by atomic mass is 10.2. The van der Waals surface area contributed by atoms with Crippen LogP contribution in [0.4, 0.5) is 0 Å². The predicted molar refractivity (Wildman–Crippen MR) is 111 cm³/mol. The topological polar surface area (TPSA) is 141 Å². The van der Waals surface area contributed by atoms with Gasteiger partial charge in [-0.25, -0.2) is 13.1 Å². The lowest BCUT2D eigenvalue weighted by Gasteiger charge is -2.09. The Morgan fingerprint density at radius 2 is 1.74 bits per heavy atom. The van der Waals surface area contributed by atoms with Gasteiger partial charge in [-0.3, -0.25) is 19.4 Å². The van der Waals surface area contributed by atoms with E-state index in [9.17, 15) is 22.8 Å². The highest BCUT2D eigenvalue weighted by molar-refractivity contribution is 7.90. The molecule has 0 fully saturated rings. The quantitative estimate of drug-likeness (QED) is 0.510. The molecule has 2 aromatic rings. The third-order valence-corrected chi connectivity index (χ3v) is 4.83. The van der Waals surface area contributed by atoms with Crippen molar-refractivity contribution in [3.05, 3.63) is 59.9 Å². The van der Waals surface area contributed by atoms with Gasteiger partial charge < -0.3 is 14.8 Å². The first-order chi connectivity index (χ1) is 14.7. The van der Waals surface area contributed by atoms with Gasteiger partial charge in [0.05, 0.1) is 11.7 Å². The molecule has 1 heterocycles. The van der Waals surface area contributed by atoms with Crippen LogP contribution in [0.3, 0.4) is 0 Å². The molecule has 2 N–H and O–H groups in total. The van der Waals surface area contributed by atoms with Crippen molar-refractivity contribution in [1.29, 1.82) is 0 Å². The summed E-state index contributed by atoms with van der Waals surface area (Å²) in [4.78, 5) is 39.4. The fourth-order valence-corrected chi connectivity index (χ4v) is 3.05. The molecule has 0 radical (unpaired) electrons. The van der Waals surface area contributed by atoms with Crippen LogP contribution in [0.25, 0.3) is 0 Å². The molecule has 0 saturated heterocycles. The Morgan fingerprint density at radius 1 is 1.03 bits per heavy atom. The zero-order chi connectivity index (χ0) is 22.9. The van der Waals surface area contributed by atoms with Gasteiger partial charge in [-0.1, -0.05) is 18.2 Å². The van der Waals surface area contributed by atoms with Crippen molar-refractivity contribution in [2.45, 2.75) is 20.0 Å². The van der Waals surface area contributed by atoms with Gasteiger partial charge in [0.25, 0.3) is 11.8 Å². The summed E-state index contributed by atoms with van der Waals surface area (Å²) in [5.41, 5.74) is -0.101. The summed E-state index contributed by atoms with van der Waals surface area (Å²) in [5.74, 6) is -2.04. The number of hydrogen-bond acceptors (Lipinski definition) is 8. The lowest BCUT2D eigenvalue weighted by Crippen LogP contribution is -2.34. The number of ether oxygens (including phenoxy) is 2. The third-order valence-electron chi connectivity index (χ3n) is 3.63. The minimum absolute atomic E-state index is 0.0481. The second-order valence-electron chi connectivity index (χ2n) is 6.56. The van der Waals surface area contributed by atoms with Crippen LogP contribution in [0.15, 0.2) is 48.7 Å². The van der Waals surface area contributed by atoms with Crippen LogP contribution in [-0.4, -0.2) is 56.2 Å². The molecule has 2 amide bonds. The molecule has 0 unspecified atom stereocenters. The molecule has 0 bridgehead atoms. The van der Waals surface area contributed by atoms with Gasteiger partial charge in [-0.05, 0) is 38.1 Å². The summed E-state index contributed by atoms with van der Waals surface area (Å²) in [6, 6.07) is 11.2.